The molecule has 128 valence electrons. The summed E-state index contributed by atoms with van der Waals surface area (Å²) >= 11 is 0. The molecule has 7 heteroatoms. The van der Waals surface area contributed by atoms with Crippen molar-refractivity contribution in [1.29, 1.82) is 5.26 Å². The number of hydrogen-bond donors (Lipinski definition) is 1. The van der Waals surface area contributed by atoms with E-state index in [0.717, 1.165) is 0 Å². The second-order valence-corrected chi connectivity index (χ2v) is 5.41. The summed E-state index contributed by atoms with van der Waals surface area (Å²) in [5.41, 5.74) is 1.01. The predicted molar refractivity (Wildman–Crippen MR) is 91.4 cm³/mol. The molecule has 1 aromatic heterocycles. The SMILES string of the molecule is N#Cc1cccnc1Oc1ccccc1NCC(=O)N1CCOCC1. The van der Waals surface area contributed by atoms with Crippen molar-refractivity contribution in [2.75, 3.05) is 38.2 Å². The third kappa shape index (κ3) is 4.25. The lowest BCUT2D eigenvalue weighted by atomic mass is 10.2. The first-order valence-electron chi connectivity index (χ1n) is 7.99. The summed E-state index contributed by atoms with van der Waals surface area (Å²) in [6, 6.07) is 12.6. The maximum absolute atomic E-state index is 12.3. The van der Waals surface area contributed by atoms with Crippen molar-refractivity contribution in [3.8, 4) is 17.7 Å². The molecule has 1 aromatic carbocycles. The van der Waals surface area contributed by atoms with Gasteiger partial charge in [-0.05, 0) is 24.3 Å². The first-order chi connectivity index (χ1) is 12.3. The smallest absolute Gasteiger partial charge is 0.242 e. The van der Waals surface area contributed by atoms with Gasteiger partial charge in [0.2, 0.25) is 11.8 Å². The van der Waals surface area contributed by atoms with E-state index in [9.17, 15) is 4.79 Å². The molecule has 0 radical (unpaired) electrons. The van der Waals surface area contributed by atoms with Crippen LogP contribution >= 0.6 is 0 Å². The molecule has 25 heavy (non-hydrogen) atoms. The third-order valence-corrected chi connectivity index (χ3v) is 3.78. The quantitative estimate of drug-likeness (QED) is 0.897. The number of benzene rings is 1. The molecule has 7 nitrogen and oxygen atoms in total. The molecule has 0 aliphatic carbocycles. The number of hydrogen-bond acceptors (Lipinski definition) is 6. The maximum atomic E-state index is 12.3. The van der Waals surface area contributed by atoms with Gasteiger partial charge in [-0.15, -0.1) is 0 Å². The Bertz CT molecular complexity index is 782. The van der Waals surface area contributed by atoms with Crippen molar-refractivity contribution in [2.45, 2.75) is 0 Å². The molecule has 0 saturated carbocycles. The van der Waals surface area contributed by atoms with Gasteiger partial charge in [0.25, 0.3) is 0 Å². The van der Waals surface area contributed by atoms with Gasteiger partial charge in [-0.25, -0.2) is 4.98 Å². The van der Waals surface area contributed by atoms with Crippen molar-refractivity contribution in [3.05, 3.63) is 48.2 Å². The van der Waals surface area contributed by atoms with Gasteiger partial charge in [0.15, 0.2) is 5.75 Å². The highest BCUT2D eigenvalue weighted by Gasteiger charge is 2.17. The highest BCUT2D eigenvalue weighted by Crippen LogP contribution is 2.29. The number of nitrogens with one attached hydrogen (secondary N) is 1. The zero-order valence-corrected chi connectivity index (χ0v) is 13.6. The number of carbonyl (C=O) groups is 1. The summed E-state index contributed by atoms with van der Waals surface area (Å²) < 4.78 is 11.0. The van der Waals surface area contributed by atoms with E-state index in [0.29, 0.717) is 43.3 Å². The van der Waals surface area contributed by atoms with E-state index in [1.807, 2.05) is 24.3 Å². The van der Waals surface area contributed by atoms with E-state index >= 15 is 0 Å². The second kappa shape index (κ2) is 8.13. The lowest BCUT2D eigenvalue weighted by Gasteiger charge is -2.27. The molecular weight excluding hydrogens is 320 g/mol. The largest absolute Gasteiger partial charge is 0.436 e. The van der Waals surface area contributed by atoms with Gasteiger partial charge in [-0.3, -0.25) is 4.79 Å². The Balaban J connectivity index is 1.68. The van der Waals surface area contributed by atoms with Crippen LogP contribution in [0.3, 0.4) is 0 Å². The Labute approximate surface area is 145 Å². The lowest BCUT2D eigenvalue weighted by Crippen LogP contribution is -2.43. The zero-order valence-electron chi connectivity index (χ0n) is 13.6. The van der Waals surface area contributed by atoms with Crippen LogP contribution in [0.4, 0.5) is 5.69 Å². The summed E-state index contributed by atoms with van der Waals surface area (Å²) in [5, 5.41) is 12.2. The molecule has 1 aliphatic heterocycles. The fraction of sp³-hybridized carbons (Fsp3) is 0.278. The summed E-state index contributed by atoms with van der Waals surface area (Å²) in [5.74, 6) is 0.750. The van der Waals surface area contributed by atoms with Gasteiger partial charge in [0, 0.05) is 19.3 Å². The molecular formula is C18H18N4O3. The second-order valence-electron chi connectivity index (χ2n) is 5.41. The van der Waals surface area contributed by atoms with Crippen LogP contribution in [0.25, 0.3) is 0 Å². The number of amides is 1. The van der Waals surface area contributed by atoms with Gasteiger partial charge >= 0.3 is 0 Å². The monoisotopic (exact) mass is 338 g/mol. The summed E-state index contributed by atoms with van der Waals surface area (Å²) in [6.07, 6.45) is 1.56. The number of carbonyl (C=O) groups excluding carboxylic acids is 1. The molecule has 0 unspecified atom stereocenters. The number of aromatic nitrogens is 1. The molecule has 0 spiro atoms. The Morgan fingerprint density at radius 3 is 2.88 bits per heavy atom. The van der Waals surface area contributed by atoms with Gasteiger partial charge < -0.3 is 19.7 Å². The number of rotatable bonds is 5. The number of pyridine rings is 1. The highest BCUT2D eigenvalue weighted by molar-refractivity contribution is 5.81. The summed E-state index contributed by atoms with van der Waals surface area (Å²) in [7, 11) is 0. The van der Waals surface area contributed by atoms with Gasteiger partial charge in [0.05, 0.1) is 25.4 Å². The molecule has 0 atom stereocenters. The van der Waals surface area contributed by atoms with Gasteiger partial charge in [-0.1, -0.05) is 12.1 Å². The number of nitriles is 1. The van der Waals surface area contributed by atoms with Crippen LogP contribution in [0, 0.1) is 11.3 Å². The molecule has 1 fully saturated rings. The number of ether oxygens (including phenoxy) is 2. The minimum Gasteiger partial charge on any atom is -0.436 e. The maximum Gasteiger partial charge on any atom is 0.242 e. The van der Waals surface area contributed by atoms with Crippen LogP contribution in [-0.2, 0) is 9.53 Å². The molecule has 1 amide bonds. The van der Waals surface area contributed by atoms with E-state index in [2.05, 4.69) is 10.3 Å². The van der Waals surface area contributed by atoms with Crippen molar-refractivity contribution >= 4 is 11.6 Å². The molecule has 2 aromatic rings. The average Bonchev–Trinajstić information content (AvgIpc) is 2.68. The first-order valence-corrected chi connectivity index (χ1v) is 7.99. The third-order valence-electron chi connectivity index (χ3n) is 3.78. The Hall–Kier alpha value is -3.11. The number of nitrogens with zero attached hydrogens (tertiary/aromatic N) is 3. The normalized spacial score (nSPS) is 13.8. The fourth-order valence-corrected chi connectivity index (χ4v) is 2.46. The van der Waals surface area contributed by atoms with E-state index in [1.54, 1.807) is 29.3 Å². The van der Waals surface area contributed by atoms with Crippen LogP contribution < -0.4 is 10.1 Å². The van der Waals surface area contributed by atoms with Crippen LogP contribution in [0.1, 0.15) is 5.56 Å². The topological polar surface area (TPSA) is 87.5 Å². The molecule has 3 rings (SSSR count). The number of para-hydroxylation sites is 2. The van der Waals surface area contributed by atoms with E-state index in [-0.39, 0.29) is 18.3 Å². The minimum atomic E-state index is 0.00801. The van der Waals surface area contributed by atoms with Crippen molar-refractivity contribution in [3.63, 3.8) is 0 Å². The standard InChI is InChI=1S/C18H18N4O3/c19-12-14-4-3-7-20-18(14)25-16-6-2-1-5-15(16)21-13-17(23)22-8-10-24-11-9-22/h1-7,21H,8-11,13H2. The molecule has 2 heterocycles. The minimum absolute atomic E-state index is 0.00801. The lowest BCUT2D eigenvalue weighted by molar-refractivity contribution is -0.133. The highest BCUT2D eigenvalue weighted by atomic mass is 16.5. The average molecular weight is 338 g/mol. The van der Waals surface area contributed by atoms with Crippen molar-refractivity contribution in [1.82, 2.24) is 9.88 Å². The predicted octanol–water partition coefficient (Wildman–Crippen LogP) is 2.02. The van der Waals surface area contributed by atoms with Crippen LogP contribution in [0.2, 0.25) is 0 Å². The number of anilines is 1. The Kier molecular flexibility index (Phi) is 5.44. The molecule has 1 aliphatic rings. The van der Waals surface area contributed by atoms with E-state index < -0.39 is 0 Å². The zero-order chi connectivity index (χ0) is 17.5. The molecule has 1 saturated heterocycles. The molecule has 1 N–H and O–H groups in total. The Morgan fingerprint density at radius 1 is 1.28 bits per heavy atom. The van der Waals surface area contributed by atoms with Crippen molar-refractivity contribution in [2.24, 2.45) is 0 Å². The fourth-order valence-electron chi connectivity index (χ4n) is 2.46. The first kappa shape index (κ1) is 16.7. The molecule has 0 bridgehead atoms. The van der Waals surface area contributed by atoms with Crippen molar-refractivity contribution < 1.29 is 14.3 Å². The van der Waals surface area contributed by atoms with E-state index in [4.69, 9.17) is 14.7 Å². The van der Waals surface area contributed by atoms with Gasteiger partial charge in [-0.2, -0.15) is 5.26 Å². The Morgan fingerprint density at radius 2 is 2.08 bits per heavy atom. The number of morpholine rings is 1. The van der Waals surface area contributed by atoms with Crippen LogP contribution in [0.5, 0.6) is 11.6 Å². The summed E-state index contributed by atoms with van der Waals surface area (Å²) in [6.45, 7) is 2.52. The van der Waals surface area contributed by atoms with E-state index in [1.165, 1.54) is 0 Å². The van der Waals surface area contributed by atoms with Crippen LogP contribution in [0.15, 0.2) is 42.6 Å². The van der Waals surface area contributed by atoms with Crippen LogP contribution in [-0.4, -0.2) is 48.6 Å². The summed E-state index contributed by atoms with van der Waals surface area (Å²) in [4.78, 5) is 18.1. The van der Waals surface area contributed by atoms with Gasteiger partial charge in [0.1, 0.15) is 11.6 Å².